The summed E-state index contributed by atoms with van der Waals surface area (Å²) in [6.07, 6.45) is 1.48. The second-order valence-electron chi connectivity index (χ2n) is 2.81. The first-order valence-corrected chi connectivity index (χ1v) is 5.05. The Kier molecular flexibility index (Phi) is 2.70. The lowest BCUT2D eigenvalue weighted by molar-refractivity contribution is 0.762. The molecule has 2 aromatic rings. The van der Waals surface area contributed by atoms with Crippen molar-refractivity contribution in [2.45, 2.75) is 10.3 Å². The monoisotopic (exact) mass is 234 g/mol. The predicted octanol–water partition coefficient (Wildman–Crippen LogP) is -0.0787. The lowest BCUT2D eigenvalue weighted by Gasteiger charge is -1.97. The van der Waals surface area contributed by atoms with Gasteiger partial charge in [-0.1, -0.05) is 0 Å². The van der Waals surface area contributed by atoms with Crippen LogP contribution in [0.25, 0.3) is 0 Å². The Morgan fingerprint density at radius 3 is 3.06 bits per heavy atom. The Labute approximate surface area is 94.2 Å². The molecule has 2 rings (SSSR count). The third-order valence-corrected chi connectivity index (χ3v) is 2.70. The van der Waals surface area contributed by atoms with Gasteiger partial charge in [-0.2, -0.15) is 5.26 Å². The maximum Gasteiger partial charge on any atom is 0.343 e. The van der Waals surface area contributed by atoms with Crippen molar-refractivity contribution < 1.29 is 0 Å². The van der Waals surface area contributed by atoms with Gasteiger partial charge in [0.15, 0.2) is 10.3 Å². The number of rotatable bonds is 2. The summed E-state index contributed by atoms with van der Waals surface area (Å²) in [6, 6.07) is 3.42. The number of H-pyrrole nitrogens is 1. The summed E-state index contributed by atoms with van der Waals surface area (Å²) in [4.78, 5) is 19.0. The highest BCUT2D eigenvalue weighted by atomic mass is 32.2. The number of nitrogens with one attached hydrogen (secondary N) is 1. The lowest BCUT2D eigenvalue weighted by Crippen LogP contribution is -2.12. The molecule has 0 unspecified atom stereocenters. The van der Waals surface area contributed by atoms with E-state index in [2.05, 4.69) is 20.2 Å². The first-order valence-electron chi connectivity index (χ1n) is 4.23. The lowest BCUT2D eigenvalue weighted by atomic mass is 10.5. The molecule has 0 atom stereocenters. The smallest absolute Gasteiger partial charge is 0.273 e. The molecule has 16 heavy (non-hydrogen) atoms. The fraction of sp³-hybridized carbons (Fsp3) is 0.125. The van der Waals surface area contributed by atoms with Gasteiger partial charge >= 0.3 is 5.69 Å². The van der Waals surface area contributed by atoms with Crippen molar-refractivity contribution in [1.82, 2.24) is 24.7 Å². The van der Waals surface area contributed by atoms with Crippen molar-refractivity contribution in [2.75, 3.05) is 0 Å². The van der Waals surface area contributed by atoms with Crippen LogP contribution in [0.15, 0.2) is 27.4 Å². The first kappa shape index (κ1) is 10.4. The van der Waals surface area contributed by atoms with Crippen molar-refractivity contribution in [2.24, 2.45) is 7.05 Å². The van der Waals surface area contributed by atoms with Crippen molar-refractivity contribution in [3.8, 4) is 6.07 Å². The van der Waals surface area contributed by atoms with Crippen molar-refractivity contribution >= 4 is 11.8 Å². The molecular weight excluding hydrogens is 228 g/mol. The molecule has 0 aliphatic heterocycles. The normalized spacial score (nSPS) is 10.0. The molecule has 0 saturated heterocycles. The van der Waals surface area contributed by atoms with Crippen LogP contribution >= 0.6 is 11.8 Å². The van der Waals surface area contributed by atoms with E-state index in [1.54, 1.807) is 7.05 Å². The molecule has 2 heterocycles. The summed E-state index contributed by atoms with van der Waals surface area (Å²) < 4.78 is 1.34. The maximum atomic E-state index is 11.1. The number of nitriles is 1. The minimum absolute atomic E-state index is 0.276. The molecule has 7 nitrogen and oxygen atoms in total. The molecule has 0 aliphatic carbocycles. The van der Waals surface area contributed by atoms with Crippen LogP contribution in [0, 0.1) is 11.3 Å². The van der Waals surface area contributed by atoms with E-state index in [0.29, 0.717) is 10.3 Å². The number of aromatic amines is 1. The third-order valence-electron chi connectivity index (χ3n) is 1.77. The van der Waals surface area contributed by atoms with Crippen LogP contribution < -0.4 is 5.69 Å². The van der Waals surface area contributed by atoms with Gasteiger partial charge in [0.05, 0.1) is 0 Å². The minimum Gasteiger partial charge on any atom is -0.273 e. The quantitative estimate of drug-likeness (QED) is 0.729. The maximum absolute atomic E-state index is 11.1. The largest absolute Gasteiger partial charge is 0.343 e. The zero-order chi connectivity index (χ0) is 11.5. The second kappa shape index (κ2) is 4.16. The van der Waals surface area contributed by atoms with Gasteiger partial charge in [-0.15, -0.1) is 5.10 Å². The molecule has 0 fully saturated rings. The second-order valence-corrected chi connectivity index (χ2v) is 3.74. The molecule has 80 valence electrons. The summed E-state index contributed by atoms with van der Waals surface area (Å²) in [5, 5.41) is 15.6. The van der Waals surface area contributed by atoms with Crippen molar-refractivity contribution in [1.29, 1.82) is 5.26 Å². The van der Waals surface area contributed by atoms with Crippen LogP contribution in [0.2, 0.25) is 0 Å². The molecule has 2 aromatic heterocycles. The third kappa shape index (κ3) is 1.94. The highest BCUT2D eigenvalue weighted by molar-refractivity contribution is 7.99. The number of nitrogens with zero attached hydrogens (tertiary/aromatic N) is 5. The summed E-state index contributed by atoms with van der Waals surface area (Å²) >= 11 is 1.11. The molecule has 0 spiro atoms. The average molecular weight is 234 g/mol. The van der Waals surface area contributed by atoms with Crippen molar-refractivity contribution in [3.63, 3.8) is 0 Å². The molecule has 0 saturated carbocycles. The molecule has 0 amide bonds. The van der Waals surface area contributed by atoms with Gasteiger partial charge in [-0.3, -0.25) is 4.57 Å². The number of hydrogen-bond acceptors (Lipinski definition) is 6. The Balaban J connectivity index is 2.31. The highest BCUT2D eigenvalue weighted by Crippen LogP contribution is 2.19. The molecular formula is C8H6N6OS. The first-order chi connectivity index (χ1) is 7.70. The van der Waals surface area contributed by atoms with E-state index in [1.165, 1.54) is 16.8 Å². The number of aromatic nitrogens is 5. The van der Waals surface area contributed by atoms with Crippen LogP contribution in [0.4, 0.5) is 0 Å². The molecule has 8 heteroatoms. The SMILES string of the molecule is Cn1c(Sc2nccc(C#N)n2)n[nH]c1=O. The van der Waals surface area contributed by atoms with Gasteiger partial charge in [-0.05, 0) is 17.8 Å². The van der Waals surface area contributed by atoms with E-state index < -0.39 is 0 Å². The van der Waals surface area contributed by atoms with E-state index in [9.17, 15) is 4.79 Å². The van der Waals surface area contributed by atoms with Gasteiger partial charge in [-0.25, -0.2) is 19.9 Å². The summed E-state index contributed by atoms with van der Waals surface area (Å²) in [5.41, 5.74) is -0.0306. The highest BCUT2D eigenvalue weighted by Gasteiger charge is 2.08. The van der Waals surface area contributed by atoms with Crippen LogP contribution in [0.1, 0.15) is 5.69 Å². The molecule has 0 aromatic carbocycles. The Bertz CT molecular complexity index is 609. The predicted molar refractivity (Wildman–Crippen MR) is 54.7 cm³/mol. The molecule has 1 N–H and O–H groups in total. The van der Waals surface area contributed by atoms with E-state index in [1.807, 2.05) is 6.07 Å². The fourth-order valence-electron chi connectivity index (χ4n) is 0.958. The summed E-state index contributed by atoms with van der Waals surface area (Å²) in [7, 11) is 1.59. The van der Waals surface area contributed by atoms with Crippen LogP contribution in [0.3, 0.4) is 0 Å². The van der Waals surface area contributed by atoms with Crippen molar-refractivity contribution in [3.05, 3.63) is 28.4 Å². The summed E-state index contributed by atoms with van der Waals surface area (Å²) in [6.45, 7) is 0. The van der Waals surface area contributed by atoms with E-state index in [4.69, 9.17) is 5.26 Å². The van der Waals surface area contributed by atoms with E-state index >= 15 is 0 Å². The zero-order valence-corrected chi connectivity index (χ0v) is 9.02. The standard InChI is InChI=1S/C8H6N6OS/c1-14-7(15)12-13-8(14)16-6-10-3-2-5(4-9)11-6/h2-3H,1H3,(H,12,15). The van der Waals surface area contributed by atoms with Gasteiger partial charge in [0.2, 0.25) is 0 Å². The molecule has 0 bridgehead atoms. The van der Waals surface area contributed by atoms with Gasteiger partial charge in [0, 0.05) is 13.2 Å². The van der Waals surface area contributed by atoms with Gasteiger partial charge < -0.3 is 0 Å². The van der Waals surface area contributed by atoms with E-state index in [-0.39, 0.29) is 11.4 Å². The number of hydrogen-bond donors (Lipinski definition) is 1. The summed E-state index contributed by atoms with van der Waals surface area (Å²) in [5.74, 6) is 0. The van der Waals surface area contributed by atoms with Gasteiger partial charge in [0.25, 0.3) is 0 Å². The topological polar surface area (TPSA) is 100 Å². The van der Waals surface area contributed by atoms with E-state index in [0.717, 1.165) is 11.8 Å². The molecule has 0 aliphatic rings. The molecule has 0 radical (unpaired) electrons. The van der Waals surface area contributed by atoms with Gasteiger partial charge in [0.1, 0.15) is 11.8 Å². The zero-order valence-electron chi connectivity index (χ0n) is 8.21. The minimum atomic E-state index is -0.307. The Hall–Kier alpha value is -2.14. The Morgan fingerprint density at radius 1 is 1.62 bits per heavy atom. The Morgan fingerprint density at radius 2 is 2.44 bits per heavy atom. The van der Waals surface area contributed by atoms with Crippen LogP contribution in [-0.2, 0) is 7.05 Å². The van der Waals surface area contributed by atoms with Crippen LogP contribution in [0.5, 0.6) is 0 Å². The fourth-order valence-corrected chi connectivity index (χ4v) is 1.69. The average Bonchev–Trinajstić information content (AvgIpc) is 2.61. The van der Waals surface area contributed by atoms with Crippen LogP contribution in [-0.4, -0.2) is 24.7 Å².